The summed E-state index contributed by atoms with van der Waals surface area (Å²) in [7, 11) is 0. The van der Waals surface area contributed by atoms with E-state index in [4.69, 9.17) is 4.74 Å². The summed E-state index contributed by atoms with van der Waals surface area (Å²) in [5, 5.41) is 3.58. The Morgan fingerprint density at radius 3 is 2.44 bits per heavy atom. The van der Waals surface area contributed by atoms with Crippen LogP contribution in [-0.4, -0.2) is 19.2 Å². The molecule has 0 aliphatic heterocycles. The predicted molar refractivity (Wildman–Crippen MR) is 78.1 cm³/mol. The van der Waals surface area contributed by atoms with Gasteiger partial charge in [0, 0.05) is 12.6 Å². The molecule has 0 amide bonds. The van der Waals surface area contributed by atoms with Gasteiger partial charge in [-0.25, -0.2) is 0 Å². The molecule has 2 unspecified atom stereocenters. The maximum Gasteiger partial charge on any atom is 0.119 e. The third-order valence-corrected chi connectivity index (χ3v) is 3.42. The van der Waals surface area contributed by atoms with Crippen molar-refractivity contribution >= 4 is 0 Å². The molecule has 1 rings (SSSR count). The minimum Gasteiger partial charge on any atom is -0.492 e. The van der Waals surface area contributed by atoms with Crippen LogP contribution in [0.15, 0.2) is 30.3 Å². The summed E-state index contributed by atoms with van der Waals surface area (Å²) >= 11 is 0. The van der Waals surface area contributed by atoms with Crippen LogP contribution in [0.25, 0.3) is 0 Å². The fraction of sp³-hybridized carbons (Fsp3) is 0.625. The van der Waals surface area contributed by atoms with E-state index in [0.717, 1.165) is 24.8 Å². The molecule has 102 valence electrons. The molecule has 0 radical (unpaired) electrons. The summed E-state index contributed by atoms with van der Waals surface area (Å²) in [4.78, 5) is 0. The van der Waals surface area contributed by atoms with Crippen molar-refractivity contribution in [1.82, 2.24) is 5.32 Å². The second-order valence-electron chi connectivity index (χ2n) is 4.97. The van der Waals surface area contributed by atoms with Crippen molar-refractivity contribution in [3.63, 3.8) is 0 Å². The van der Waals surface area contributed by atoms with Crippen LogP contribution in [0.3, 0.4) is 0 Å². The van der Waals surface area contributed by atoms with Crippen molar-refractivity contribution in [2.45, 2.75) is 46.1 Å². The molecule has 2 nitrogen and oxygen atoms in total. The van der Waals surface area contributed by atoms with Crippen LogP contribution in [0, 0.1) is 5.92 Å². The first-order valence-corrected chi connectivity index (χ1v) is 7.17. The predicted octanol–water partition coefficient (Wildman–Crippen LogP) is 3.87. The monoisotopic (exact) mass is 249 g/mol. The fourth-order valence-corrected chi connectivity index (χ4v) is 2.00. The first-order chi connectivity index (χ1) is 8.76. The van der Waals surface area contributed by atoms with E-state index in [-0.39, 0.29) is 0 Å². The molecule has 0 fully saturated rings. The van der Waals surface area contributed by atoms with Crippen LogP contribution in [0.4, 0.5) is 0 Å². The highest BCUT2D eigenvalue weighted by molar-refractivity contribution is 5.20. The van der Waals surface area contributed by atoms with Gasteiger partial charge in [0.1, 0.15) is 12.4 Å². The molecule has 0 aromatic heterocycles. The van der Waals surface area contributed by atoms with Gasteiger partial charge in [-0.1, -0.05) is 45.4 Å². The molecule has 1 aromatic carbocycles. The molecule has 1 aromatic rings. The number of benzene rings is 1. The van der Waals surface area contributed by atoms with E-state index in [1.54, 1.807) is 0 Å². The SMILES string of the molecule is CCC(C)CC(CC)NCCOc1ccccc1. The average Bonchev–Trinajstić information content (AvgIpc) is 2.43. The molecule has 0 saturated carbocycles. The third kappa shape index (κ3) is 6.06. The van der Waals surface area contributed by atoms with Gasteiger partial charge in [0.15, 0.2) is 0 Å². The van der Waals surface area contributed by atoms with Crippen molar-refractivity contribution < 1.29 is 4.74 Å². The standard InChI is InChI=1S/C16H27NO/c1-4-14(3)13-15(5-2)17-11-12-18-16-9-7-6-8-10-16/h6-10,14-15,17H,4-5,11-13H2,1-3H3. The van der Waals surface area contributed by atoms with E-state index in [1.165, 1.54) is 19.3 Å². The minimum atomic E-state index is 0.624. The number of rotatable bonds is 9. The van der Waals surface area contributed by atoms with Gasteiger partial charge in [0.2, 0.25) is 0 Å². The Morgan fingerprint density at radius 1 is 1.11 bits per heavy atom. The van der Waals surface area contributed by atoms with Crippen LogP contribution < -0.4 is 10.1 Å². The Balaban J connectivity index is 2.15. The van der Waals surface area contributed by atoms with Gasteiger partial charge >= 0.3 is 0 Å². The van der Waals surface area contributed by atoms with E-state index in [2.05, 4.69) is 26.1 Å². The highest BCUT2D eigenvalue weighted by Gasteiger charge is 2.09. The molecule has 2 heteroatoms. The maximum absolute atomic E-state index is 5.67. The van der Waals surface area contributed by atoms with E-state index in [0.29, 0.717) is 6.04 Å². The zero-order valence-electron chi connectivity index (χ0n) is 12.0. The lowest BCUT2D eigenvalue weighted by Gasteiger charge is -2.20. The number of para-hydroxylation sites is 1. The summed E-state index contributed by atoms with van der Waals surface area (Å²) in [5.74, 6) is 1.76. The van der Waals surface area contributed by atoms with E-state index < -0.39 is 0 Å². The molecular formula is C16H27NO. The quantitative estimate of drug-likeness (QED) is 0.671. The molecule has 0 bridgehead atoms. The average molecular weight is 249 g/mol. The van der Waals surface area contributed by atoms with Crippen LogP contribution in [0.1, 0.15) is 40.0 Å². The topological polar surface area (TPSA) is 21.3 Å². The highest BCUT2D eigenvalue weighted by atomic mass is 16.5. The Bertz CT molecular complexity index is 299. The molecule has 1 N–H and O–H groups in total. The van der Waals surface area contributed by atoms with E-state index >= 15 is 0 Å². The maximum atomic E-state index is 5.67. The van der Waals surface area contributed by atoms with Crippen molar-refractivity contribution in [2.24, 2.45) is 5.92 Å². The van der Waals surface area contributed by atoms with Gasteiger partial charge in [0.25, 0.3) is 0 Å². The second-order valence-corrected chi connectivity index (χ2v) is 4.97. The van der Waals surface area contributed by atoms with E-state index in [9.17, 15) is 0 Å². The summed E-state index contributed by atoms with van der Waals surface area (Å²) in [6, 6.07) is 10.6. The molecule has 2 atom stereocenters. The largest absolute Gasteiger partial charge is 0.492 e. The zero-order valence-corrected chi connectivity index (χ0v) is 12.0. The first-order valence-electron chi connectivity index (χ1n) is 7.17. The van der Waals surface area contributed by atoms with Gasteiger partial charge in [-0.15, -0.1) is 0 Å². The lowest BCUT2D eigenvalue weighted by molar-refractivity contribution is 0.293. The third-order valence-electron chi connectivity index (χ3n) is 3.42. The fourth-order valence-electron chi connectivity index (χ4n) is 2.00. The zero-order chi connectivity index (χ0) is 13.2. The summed E-state index contributed by atoms with van der Waals surface area (Å²) < 4.78 is 5.67. The summed E-state index contributed by atoms with van der Waals surface area (Å²) in [6.07, 6.45) is 3.71. The van der Waals surface area contributed by atoms with Crippen molar-refractivity contribution in [3.8, 4) is 5.75 Å². The number of hydrogen-bond donors (Lipinski definition) is 1. The molecular weight excluding hydrogens is 222 g/mol. The van der Waals surface area contributed by atoms with Crippen LogP contribution in [-0.2, 0) is 0 Å². The van der Waals surface area contributed by atoms with Crippen LogP contribution in [0.2, 0.25) is 0 Å². The van der Waals surface area contributed by atoms with Gasteiger partial charge in [0.05, 0.1) is 0 Å². The Morgan fingerprint density at radius 2 is 1.83 bits per heavy atom. The summed E-state index contributed by atoms with van der Waals surface area (Å²) in [5.41, 5.74) is 0. The van der Waals surface area contributed by atoms with Gasteiger partial charge in [-0.2, -0.15) is 0 Å². The van der Waals surface area contributed by atoms with Crippen molar-refractivity contribution in [1.29, 1.82) is 0 Å². The van der Waals surface area contributed by atoms with Crippen molar-refractivity contribution in [2.75, 3.05) is 13.2 Å². The van der Waals surface area contributed by atoms with Gasteiger partial charge in [-0.3, -0.25) is 0 Å². The van der Waals surface area contributed by atoms with Gasteiger partial charge < -0.3 is 10.1 Å². The van der Waals surface area contributed by atoms with E-state index in [1.807, 2.05) is 30.3 Å². The minimum absolute atomic E-state index is 0.624. The number of hydrogen-bond acceptors (Lipinski definition) is 2. The summed E-state index contributed by atoms with van der Waals surface area (Å²) in [6.45, 7) is 8.49. The molecule has 0 spiro atoms. The molecule has 0 aliphatic rings. The highest BCUT2D eigenvalue weighted by Crippen LogP contribution is 2.12. The molecule has 18 heavy (non-hydrogen) atoms. The number of nitrogens with one attached hydrogen (secondary N) is 1. The van der Waals surface area contributed by atoms with Crippen molar-refractivity contribution in [3.05, 3.63) is 30.3 Å². The molecule has 0 heterocycles. The Hall–Kier alpha value is -1.02. The van der Waals surface area contributed by atoms with Gasteiger partial charge in [-0.05, 0) is 30.9 Å². The smallest absolute Gasteiger partial charge is 0.119 e. The Labute approximate surface area is 112 Å². The lowest BCUT2D eigenvalue weighted by atomic mass is 9.98. The second kappa shape index (κ2) is 8.98. The number of ether oxygens (including phenoxy) is 1. The molecule has 0 saturated heterocycles. The molecule has 0 aliphatic carbocycles. The first kappa shape index (κ1) is 15.0. The van der Waals surface area contributed by atoms with Crippen LogP contribution in [0.5, 0.6) is 5.75 Å². The Kier molecular flexibility index (Phi) is 7.51. The lowest BCUT2D eigenvalue weighted by Crippen LogP contribution is -2.33. The normalized spacial score (nSPS) is 14.2. The van der Waals surface area contributed by atoms with Crippen LogP contribution >= 0.6 is 0 Å².